The minimum absolute atomic E-state index is 0.0714. The van der Waals surface area contributed by atoms with Gasteiger partial charge in [0.05, 0.1) is 28.6 Å². The summed E-state index contributed by atoms with van der Waals surface area (Å²) in [5.74, 6) is -0.455. The summed E-state index contributed by atoms with van der Waals surface area (Å²) in [4.78, 5) is 26.5. The molecule has 1 aliphatic heterocycles. The number of nitrogens with zero attached hydrogens (tertiary/aromatic N) is 2. The Kier molecular flexibility index (Phi) is 3.47. The van der Waals surface area contributed by atoms with Gasteiger partial charge in [0.25, 0.3) is 5.91 Å². The molecule has 6 heteroatoms. The zero-order valence-corrected chi connectivity index (χ0v) is 12.6. The van der Waals surface area contributed by atoms with Crippen molar-refractivity contribution < 1.29 is 9.59 Å². The van der Waals surface area contributed by atoms with Crippen LogP contribution in [0, 0.1) is 12.8 Å². The van der Waals surface area contributed by atoms with E-state index < -0.39 is 0 Å². The average molecular weight is 301 g/mol. The van der Waals surface area contributed by atoms with Gasteiger partial charge in [-0.25, -0.2) is 0 Å². The topological polar surface area (TPSA) is 62.3 Å². The van der Waals surface area contributed by atoms with E-state index >= 15 is 0 Å². The maximum Gasteiger partial charge on any atom is 0.261 e. The van der Waals surface area contributed by atoms with Gasteiger partial charge in [0.15, 0.2) is 0 Å². The number of nitrogens with one attached hydrogen (secondary N) is 1. The second kappa shape index (κ2) is 5.29. The molecule has 0 bridgehead atoms. The van der Waals surface area contributed by atoms with Gasteiger partial charge < -0.3 is 10.2 Å². The smallest absolute Gasteiger partial charge is 0.261 e. The van der Waals surface area contributed by atoms with Crippen LogP contribution in [-0.2, 0) is 4.79 Å². The first-order valence-electron chi connectivity index (χ1n) is 6.70. The highest BCUT2D eigenvalue weighted by molar-refractivity contribution is 7.04. The number of aryl methyl sites for hydroxylation is 1. The van der Waals surface area contributed by atoms with Crippen molar-refractivity contribution in [1.82, 2.24) is 4.37 Å². The molecule has 0 saturated carbocycles. The fourth-order valence-electron chi connectivity index (χ4n) is 2.36. The van der Waals surface area contributed by atoms with Crippen LogP contribution in [0.25, 0.3) is 0 Å². The fourth-order valence-corrected chi connectivity index (χ4v) is 3.05. The Morgan fingerprint density at radius 1 is 1.43 bits per heavy atom. The molecule has 0 fully saturated rings. The quantitative estimate of drug-likeness (QED) is 0.881. The number of carbonyl (C=O) groups excluding carboxylic acids is 2. The van der Waals surface area contributed by atoms with Gasteiger partial charge in [0, 0.05) is 11.9 Å². The Bertz CT molecular complexity index is 710. The summed E-state index contributed by atoms with van der Waals surface area (Å²) in [5.41, 5.74) is 2.71. The maximum absolute atomic E-state index is 12.8. The van der Waals surface area contributed by atoms with Crippen molar-refractivity contribution in [2.45, 2.75) is 13.8 Å². The molecule has 3 rings (SSSR count). The number of carbonyl (C=O) groups is 2. The second-order valence-electron chi connectivity index (χ2n) is 5.14. The zero-order valence-electron chi connectivity index (χ0n) is 11.8. The molecule has 1 aliphatic rings. The first-order chi connectivity index (χ1) is 10.1. The normalized spacial score (nSPS) is 17.9. The van der Waals surface area contributed by atoms with Crippen molar-refractivity contribution in [3.05, 3.63) is 40.9 Å². The Balaban J connectivity index is 2.06. The average Bonchev–Trinajstić information content (AvgIpc) is 2.85. The van der Waals surface area contributed by atoms with E-state index in [2.05, 4.69) is 9.69 Å². The molecule has 0 aliphatic carbocycles. The van der Waals surface area contributed by atoms with Crippen LogP contribution in [0.4, 0.5) is 11.4 Å². The molecule has 2 heterocycles. The number of rotatable bonds is 1. The molecule has 21 heavy (non-hydrogen) atoms. The highest BCUT2D eigenvalue weighted by Crippen LogP contribution is 2.31. The number of hydrogen-bond donors (Lipinski definition) is 1. The van der Waals surface area contributed by atoms with Crippen LogP contribution < -0.4 is 10.2 Å². The summed E-state index contributed by atoms with van der Waals surface area (Å²) < 4.78 is 4.16. The summed E-state index contributed by atoms with van der Waals surface area (Å²) in [5, 5.41) is 4.63. The van der Waals surface area contributed by atoms with Gasteiger partial charge >= 0.3 is 0 Å². The van der Waals surface area contributed by atoms with E-state index in [-0.39, 0.29) is 17.7 Å². The summed E-state index contributed by atoms with van der Waals surface area (Å²) in [6.45, 7) is 4.00. The minimum Gasteiger partial charge on any atom is -0.324 e. The lowest BCUT2D eigenvalue weighted by atomic mass is 10.1. The Morgan fingerprint density at radius 2 is 2.19 bits per heavy atom. The highest BCUT2D eigenvalue weighted by atomic mass is 32.1. The first kappa shape index (κ1) is 13.8. The highest BCUT2D eigenvalue weighted by Gasteiger charge is 2.30. The predicted octanol–water partition coefficient (Wildman–Crippen LogP) is 2.69. The van der Waals surface area contributed by atoms with E-state index in [4.69, 9.17) is 0 Å². The van der Waals surface area contributed by atoms with E-state index in [0.717, 1.165) is 11.4 Å². The Hall–Kier alpha value is -2.21. The molecule has 1 atom stereocenters. The molecule has 0 radical (unpaired) electrons. The van der Waals surface area contributed by atoms with Gasteiger partial charge in [-0.3, -0.25) is 9.59 Å². The number of benzene rings is 1. The molecule has 1 N–H and O–H groups in total. The van der Waals surface area contributed by atoms with Gasteiger partial charge in [0.1, 0.15) is 0 Å². The predicted molar refractivity (Wildman–Crippen MR) is 82.8 cm³/mol. The largest absolute Gasteiger partial charge is 0.324 e. The van der Waals surface area contributed by atoms with Crippen molar-refractivity contribution in [2.24, 2.45) is 5.92 Å². The molecule has 1 unspecified atom stereocenters. The SMILES string of the molecule is Cc1nscc1C(=O)N1CC(C)C(=O)Nc2ccccc21. The van der Waals surface area contributed by atoms with Crippen molar-refractivity contribution in [2.75, 3.05) is 16.8 Å². The molecular formula is C15H15N3O2S. The van der Waals surface area contributed by atoms with Gasteiger partial charge in [0.2, 0.25) is 5.91 Å². The van der Waals surface area contributed by atoms with E-state index in [1.807, 2.05) is 38.1 Å². The number of aromatic nitrogens is 1. The van der Waals surface area contributed by atoms with Gasteiger partial charge in [-0.1, -0.05) is 19.1 Å². The lowest BCUT2D eigenvalue weighted by molar-refractivity contribution is -0.119. The van der Waals surface area contributed by atoms with Crippen LogP contribution in [0.5, 0.6) is 0 Å². The summed E-state index contributed by atoms with van der Waals surface area (Å²) in [6, 6.07) is 7.36. The van der Waals surface area contributed by atoms with Crippen LogP contribution in [0.15, 0.2) is 29.6 Å². The van der Waals surface area contributed by atoms with E-state index in [1.54, 1.807) is 10.3 Å². The van der Waals surface area contributed by atoms with Crippen molar-refractivity contribution in [3.63, 3.8) is 0 Å². The van der Waals surface area contributed by atoms with Crippen LogP contribution in [0.2, 0.25) is 0 Å². The second-order valence-corrected chi connectivity index (χ2v) is 5.77. The number of para-hydroxylation sites is 2. The number of amides is 2. The molecule has 1 aromatic carbocycles. The van der Waals surface area contributed by atoms with Crippen LogP contribution in [-0.4, -0.2) is 22.7 Å². The fraction of sp³-hybridized carbons (Fsp3) is 0.267. The van der Waals surface area contributed by atoms with E-state index in [1.165, 1.54) is 11.5 Å². The third-order valence-corrected chi connectivity index (χ3v) is 4.30. The standard InChI is InChI=1S/C15H15N3O2S/c1-9-7-18(15(20)11-8-21-17-10(11)2)13-6-4-3-5-12(13)16-14(9)19/h3-6,8-9H,7H2,1-2H3,(H,16,19). The Morgan fingerprint density at radius 3 is 2.90 bits per heavy atom. The number of anilines is 2. The molecule has 0 saturated heterocycles. The van der Waals surface area contributed by atoms with Gasteiger partial charge in [-0.2, -0.15) is 4.37 Å². The molecule has 2 aromatic rings. The maximum atomic E-state index is 12.8. The van der Waals surface area contributed by atoms with Crippen molar-refractivity contribution in [3.8, 4) is 0 Å². The minimum atomic E-state index is -0.270. The van der Waals surface area contributed by atoms with Crippen LogP contribution >= 0.6 is 11.5 Å². The molecule has 0 spiro atoms. The van der Waals surface area contributed by atoms with Gasteiger partial charge in [-0.05, 0) is 30.6 Å². The summed E-state index contributed by atoms with van der Waals surface area (Å²) in [7, 11) is 0. The van der Waals surface area contributed by atoms with Crippen molar-refractivity contribution in [1.29, 1.82) is 0 Å². The zero-order chi connectivity index (χ0) is 15.0. The third-order valence-electron chi connectivity index (χ3n) is 3.58. The molecular weight excluding hydrogens is 286 g/mol. The van der Waals surface area contributed by atoms with E-state index in [9.17, 15) is 9.59 Å². The Labute approximate surface area is 126 Å². The number of fused-ring (bicyclic) bond motifs is 1. The molecule has 108 valence electrons. The lowest BCUT2D eigenvalue weighted by Gasteiger charge is -2.23. The molecule has 1 aromatic heterocycles. The first-order valence-corrected chi connectivity index (χ1v) is 7.54. The van der Waals surface area contributed by atoms with Crippen LogP contribution in [0.3, 0.4) is 0 Å². The molecule has 2 amide bonds. The lowest BCUT2D eigenvalue weighted by Crippen LogP contribution is -2.36. The van der Waals surface area contributed by atoms with Gasteiger partial charge in [-0.15, -0.1) is 0 Å². The van der Waals surface area contributed by atoms with Crippen molar-refractivity contribution >= 4 is 34.7 Å². The monoisotopic (exact) mass is 301 g/mol. The number of hydrogen-bond acceptors (Lipinski definition) is 4. The third kappa shape index (κ3) is 2.42. The summed E-state index contributed by atoms with van der Waals surface area (Å²) >= 11 is 1.27. The summed E-state index contributed by atoms with van der Waals surface area (Å²) in [6.07, 6.45) is 0. The molecule has 5 nitrogen and oxygen atoms in total. The van der Waals surface area contributed by atoms with Crippen LogP contribution in [0.1, 0.15) is 23.0 Å². The van der Waals surface area contributed by atoms with E-state index in [0.29, 0.717) is 17.8 Å².